The first-order valence-electron chi connectivity index (χ1n) is 9.86. The fourth-order valence-electron chi connectivity index (χ4n) is 4.65. The number of benzene rings is 1. The zero-order valence-corrected chi connectivity index (χ0v) is 15.2. The molecule has 4 heteroatoms. The van der Waals surface area contributed by atoms with Gasteiger partial charge in [0.2, 0.25) is 0 Å². The summed E-state index contributed by atoms with van der Waals surface area (Å²) in [6.45, 7) is 2.12. The van der Waals surface area contributed by atoms with Crippen LogP contribution in [0.3, 0.4) is 0 Å². The molecule has 0 spiro atoms. The van der Waals surface area contributed by atoms with Crippen molar-refractivity contribution in [2.75, 3.05) is 5.32 Å². The van der Waals surface area contributed by atoms with Gasteiger partial charge in [-0.2, -0.15) is 0 Å². The number of carbonyl (C=O) groups excluding carboxylic acids is 1. The minimum Gasteiger partial charge on any atom is -0.318 e. The summed E-state index contributed by atoms with van der Waals surface area (Å²) in [5.74, 6) is 0.650. The number of hydrogen-bond donors (Lipinski definition) is 1. The van der Waals surface area contributed by atoms with E-state index in [1.165, 1.54) is 36.8 Å². The first-order chi connectivity index (χ1) is 12.7. The first kappa shape index (κ1) is 15.9. The van der Waals surface area contributed by atoms with E-state index in [-0.39, 0.29) is 6.03 Å². The molecule has 3 fully saturated rings. The van der Waals surface area contributed by atoms with Gasteiger partial charge in [0.15, 0.2) is 0 Å². The molecule has 1 aromatic carbocycles. The smallest absolute Gasteiger partial charge is 0.318 e. The lowest BCUT2D eigenvalue weighted by atomic mass is 9.80. The lowest BCUT2D eigenvalue weighted by Gasteiger charge is -2.52. The summed E-state index contributed by atoms with van der Waals surface area (Å²) in [7, 11) is 0. The Bertz CT molecular complexity index is 844. The van der Waals surface area contributed by atoms with Crippen molar-refractivity contribution in [3.8, 4) is 11.3 Å². The molecule has 3 heterocycles. The number of aromatic nitrogens is 1. The van der Waals surface area contributed by atoms with Crippen LogP contribution in [-0.2, 0) is 0 Å². The zero-order valence-electron chi connectivity index (χ0n) is 15.2. The summed E-state index contributed by atoms with van der Waals surface area (Å²) in [5, 5.41) is 3.13. The molecule has 26 heavy (non-hydrogen) atoms. The summed E-state index contributed by atoms with van der Waals surface area (Å²) in [4.78, 5) is 19.5. The largest absolute Gasteiger partial charge is 0.322 e. The number of piperidine rings is 1. The molecule has 134 valence electrons. The molecule has 2 aliphatic heterocycles. The van der Waals surface area contributed by atoms with Gasteiger partial charge in [0.25, 0.3) is 0 Å². The van der Waals surface area contributed by atoms with Gasteiger partial charge >= 0.3 is 6.03 Å². The molecule has 3 aliphatic rings. The second kappa shape index (κ2) is 6.11. The Labute approximate surface area is 154 Å². The van der Waals surface area contributed by atoms with Crippen LogP contribution < -0.4 is 5.32 Å². The molecule has 1 saturated carbocycles. The van der Waals surface area contributed by atoms with Crippen LogP contribution in [0.4, 0.5) is 10.5 Å². The molecular weight excluding hydrogens is 322 g/mol. The van der Waals surface area contributed by atoms with Crippen molar-refractivity contribution in [1.82, 2.24) is 9.88 Å². The van der Waals surface area contributed by atoms with E-state index in [0.29, 0.717) is 18.0 Å². The molecule has 2 bridgehead atoms. The number of pyridine rings is 1. The number of fused-ring (bicyclic) bond motifs is 2. The number of anilines is 1. The van der Waals surface area contributed by atoms with Crippen molar-refractivity contribution in [2.45, 2.75) is 63.5 Å². The lowest BCUT2D eigenvalue weighted by Crippen LogP contribution is -2.62. The number of nitrogens with zero attached hydrogens (tertiary/aromatic N) is 2. The third-order valence-electron chi connectivity index (χ3n) is 6.24. The minimum absolute atomic E-state index is 0.0594. The van der Waals surface area contributed by atoms with Gasteiger partial charge in [0.1, 0.15) is 0 Å². The van der Waals surface area contributed by atoms with Crippen molar-refractivity contribution in [3.05, 3.63) is 47.7 Å². The van der Waals surface area contributed by atoms with Crippen molar-refractivity contribution in [1.29, 1.82) is 0 Å². The minimum atomic E-state index is 0.0594. The van der Waals surface area contributed by atoms with Crippen molar-refractivity contribution in [2.24, 2.45) is 0 Å². The SMILES string of the molecule is Cc1ccc(NC(=O)N2C3CCCC2C3)cc1-c1ncccc1C1CC1. The van der Waals surface area contributed by atoms with E-state index in [1.54, 1.807) is 0 Å². The molecule has 1 aromatic heterocycles. The molecule has 1 N–H and O–H groups in total. The molecule has 2 unspecified atom stereocenters. The Hall–Kier alpha value is -2.36. The number of nitrogens with one attached hydrogen (secondary N) is 1. The maximum Gasteiger partial charge on any atom is 0.322 e. The molecule has 0 radical (unpaired) electrons. The van der Waals surface area contributed by atoms with Crippen LogP contribution in [-0.4, -0.2) is 28.0 Å². The summed E-state index contributed by atoms with van der Waals surface area (Å²) in [5.41, 5.74) is 5.62. The van der Waals surface area contributed by atoms with Gasteiger partial charge in [-0.05, 0) is 80.7 Å². The van der Waals surface area contributed by atoms with E-state index in [0.717, 1.165) is 29.8 Å². The monoisotopic (exact) mass is 347 g/mol. The predicted molar refractivity (Wildman–Crippen MR) is 103 cm³/mol. The van der Waals surface area contributed by atoms with Gasteiger partial charge in [-0.25, -0.2) is 4.79 Å². The van der Waals surface area contributed by atoms with E-state index in [4.69, 9.17) is 0 Å². The van der Waals surface area contributed by atoms with Crippen LogP contribution in [0.25, 0.3) is 11.3 Å². The normalized spacial score (nSPS) is 24.1. The number of urea groups is 1. The molecule has 1 aliphatic carbocycles. The Morgan fingerprint density at radius 3 is 2.69 bits per heavy atom. The Balaban J connectivity index is 1.42. The Morgan fingerprint density at radius 1 is 1.15 bits per heavy atom. The summed E-state index contributed by atoms with van der Waals surface area (Å²) in [6.07, 6.45) is 9.14. The number of amides is 2. The Morgan fingerprint density at radius 2 is 1.96 bits per heavy atom. The van der Waals surface area contributed by atoms with E-state index < -0.39 is 0 Å². The Kier molecular flexibility index (Phi) is 3.73. The topological polar surface area (TPSA) is 45.2 Å². The predicted octanol–water partition coefficient (Wildman–Crippen LogP) is 5.09. The number of carbonyl (C=O) groups is 1. The second-order valence-corrected chi connectivity index (χ2v) is 8.06. The summed E-state index contributed by atoms with van der Waals surface area (Å²) >= 11 is 0. The lowest BCUT2D eigenvalue weighted by molar-refractivity contribution is 0.0173. The number of aryl methyl sites for hydroxylation is 1. The van der Waals surface area contributed by atoms with Crippen LogP contribution in [0.5, 0.6) is 0 Å². The molecule has 2 aromatic rings. The second-order valence-electron chi connectivity index (χ2n) is 8.06. The van der Waals surface area contributed by atoms with E-state index in [2.05, 4.69) is 40.3 Å². The molecular formula is C22H25N3O. The molecule has 2 saturated heterocycles. The molecule has 2 amide bonds. The average molecular weight is 347 g/mol. The molecule has 5 rings (SSSR count). The highest BCUT2D eigenvalue weighted by Gasteiger charge is 2.44. The van der Waals surface area contributed by atoms with Gasteiger partial charge in [0, 0.05) is 29.5 Å². The summed E-state index contributed by atoms with van der Waals surface area (Å²) in [6, 6.07) is 11.4. The summed E-state index contributed by atoms with van der Waals surface area (Å²) < 4.78 is 0. The molecule has 2 atom stereocenters. The van der Waals surface area contributed by atoms with Gasteiger partial charge in [0.05, 0.1) is 5.69 Å². The van der Waals surface area contributed by atoms with Crippen LogP contribution in [0.15, 0.2) is 36.5 Å². The van der Waals surface area contributed by atoms with Gasteiger partial charge in [-0.15, -0.1) is 0 Å². The quantitative estimate of drug-likeness (QED) is 0.840. The van der Waals surface area contributed by atoms with Crippen LogP contribution in [0.1, 0.15) is 55.6 Å². The van der Waals surface area contributed by atoms with Gasteiger partial charge < -0.3 is 10.2 Å². The van der Waals surface area contributed by atoms with Crippen LogP contribution >= 0.6 is 0 Å². The highest BCUT2D eigenvalue weighted by molar-refractivity contribution is 5.91. The number of rotatable bonds is 3. The van der Waals surface area contributed by atoms with E-state index in [1.807, 2.05) is 18.3 Å². The van der Waals surface area contributed by atoms with Gasteiger partial charge in [-0.1, -0.05) is 12.1 Å². The third-order valence-corrected chi connectivity index (χ3v) is 6.24. The van der Waals surface area contributed by atoms with E-state index >= 15 is 0 Å². The highest BCUT2D eigenvalue weighted by Crippen LogP contribution is 2.44. The average Bonchev–Trinajstić information content (AvgIpc) is 3.49. The maximum absolute atomic E-state index is 12.7. The standard InChI is InChI=1S/C22H25N3O/c1-14-7-10-16(24-22(26)25-17-4-2-5-18(25)13-17)12-20(14)21-19(15-8-9-15)6-3-11-23-21/h3,6-7,10-12,15,17-18H,2,4-5,8-9,13H2,1H3,(H,24,26). The number of hydrogen-bond acceptors (Lipinski definition) is 2. The van der Waals surface area contributed by atoms with Crippen molar-refractivity contribution >= 4 is 11.7 Å². The first-order valence-corrected chi connectivity index (χ1v) is 9.86. The zero-order chi connectivity index (χ0) is 17.7. The van der Waals surface area contributed by atoms with Crippen molar-refractivity contribution in [3.63, 3.8) is 0 Å². The fourth-order valence-corrected chi connectivity index (χ4v) is 4.65. The highest BCUT2D eigenvalue weighted by atomic mass is 16.2. The maximum atomic E-state index is 12.7. The fraction of sp³-hybridized carbons (Fsp3) is 0.455. The molecule has 4 nitrogen and oxygen atoms in total. The van der Waals surface area contributed by atoms with Crippen LogP contribution in [0.2, 0.25) is 0 Å². The van der Waals surface area contributed by atoms with Crippen molar-refractivity contribution < 1.29 is 4.79 Å². The third kappa shape index (κ3) is 2.68. The van der Waals surface area contributed by atoms with E-state index in [9.17, 15) is 4.79 Å². The van der Waals surface area contributed by atoms with Gasteiger partial charge in [-0.3, -0.25) is 4.98 Å². The van der Waals surface area contributed by atoms with Crippen LogP contribution in [0, 0.1) is 6.92 Å².